The number of carbonyl (C=O) groups excluding carboxylic acids is 1. The molecule has 0 unspecified atom stereocenters. The van der Waals surface area contributed by atoms with Gasteiger partial charge in [-0.1, -0.05) is 11.6 Å². The highest BCUT2D eigenvalue weighted by atomic mass is 35.5. The molecule has 0 spiro atoms. The predicted octanol–water partition coefficient (Wildman–Crippen LogP) is 3.07. The summed E-state index contributed by atoms with van der Waals surface area (Å²) < 4.78 is 1.69. The third kappa shape index (κ3) is 2.73. The van der Waals surface area contributed by atoms with Crippen LogP contribution in [0, 0.1) is 11.8 Å². The lowest BCUT2D eigenvalue weighted by atomic mass is 10.3. The first-order valence-electron chi connectivity index (χ1n) is 7.69. The van der Waals surface area contributed by atoms with Gasteiger partial charge >= 0.3 is 0 Å². The molecule has 0 saturated heterocycles. The molecule has 0 aliphatic heterocycles. The Morgan fingerprint density at radius 2 is 2.18 bits per heavy atom. The molecule has 0 N–H and O–H groups in total. The molecule has 6 heteroatoms. The van der Waals surface area contributed by atoms with Crippen molar-refractivity contribution in [1.82, 2.24) is 14.8 Å². The number of hydrogen-bond donors (Lipinski definition) is 0. The van der Waals surface area contributed by atoms with Crippen molar-refractivity contribution in [2.75, 3.05) is 11.4 Å². The molecule has 2 saturated carbocycles. The Bertz CT molecular complexity index is 691. The SMILES string of the molecule is O=C(C1CC1)N(CC1CC1)c1cn(-c2cccnc2)nc1Cl. The first-order valence-corrected chi connectivity index (χ1v) is 8.07. The summed E-state index contributed by atoms with van der Waals surface area (Å²) >= 11 is 6.32. The van der Waals surface area contributed by atoms with E-state index in [-0.39, 0.29) is 11.8 Å². The summed E-state index contributed by atoms with van der Waals surface area (Å²) in [5.41, 5.74) is 1.55. The van der Waals surface area contributed by atoms with Gasteiger partial charge in [0.25, 0.3) is 0 Å². The third-order valence-electron chi connectivity index (χ3n) is 4.18. The number of hydrogen-bond acceptors (Lipinski definition) is 3. The zero-order valence-corrected chi connectivity index (χ0v) is 12.9. The molecular formula is C16H17ClN4O. The molecule has 114 valence electrons. The van der Waals surface area contributed by atoms with E-state index in [1.165, 1.54) is 12.8 Å². The number of carbonyl (C=O) groups is 1. The summed E-state index contributed by atoms with van der Waals surface area (Å²) in [4.78, 5) is 18.5. The van der Waals surface area contributed by atoms with Crippen LogP contribution in [0.2, 0.25) is 5.15 Å². The Labute approximate surface area is 133 Å². The van der Waals surface area contributed by atoms with Crippen LogP contribution in [0.4, 0.5) is 5.69 Å². The van der Waals surface area contributed by atoms with Crippen molar-refractivity contribution in [3.05, 3.63) is 35.9 Å². The molecule has 22 heavy (non-hydrogen) atoms. The fourth-order valence-electron chi connectivity index (χ4n) is 2.56. The maximum absolute atomic E-state index is 12.6. The molecule has 2 aliphatic rings. The van der Waals surface area contributed by atoms with Crippen molar-refractivity contribution in [3.8, 4) is 5.69 Å². The fourth-order valence-corrected chi connectivity index (χ4v) is 2.79. The molecule has 5 nitrogen and oxygen atoms in total. The van der Waals surface area contributed by atoms with E-state index < -0.39 is 0 Å². The van der Waals surface area contributed by atoms with Gasteiger partial charge in [0.05, 0.1) is 18.1 Å². The van der Waals surface area contributed by atoms with Crippen LogP contribution in [0.3, 0.4) is 0 Å². The molecule has 0 bridgehead atoms. The molecule has 0 radical (unpaired) electrons. The average molecular weight is 317 g/mol. The summed E-state index contributed by atoms with van der Waals surface area (Å²) in [5.74, 6) is 0.983. The Kier molecular flexibility index (Phi) is 3.37. The lowest BCUT2D eigenvalue weighted by Crippen LogP contribution is -2.34. The number of rotatable bonds is 5. The van der Waals surface area contributed by atoms with Gasteiger partial charge in [-0.2, -0.15) is 5.10 Å². The summed E-state index contributed by atoms with van der Waals surface area (Å²) in [6, 6.07) is 3.76. The first-order chi connectivity index (χ1) is 10.7. The van der Waals surface area contributed by atoms with Gasteiger partial charge in [-0.15, -0.1) is 0 Å². The molecule has 2 aromatic rings. The number of nitrogens with zero attached hydrogens (tertiary/aromatic N) is 4. The number of amides is 1. The normalized spacial score (nSPS) is 17.5. The Balaban J connectivity index is 1.66. The van der Waals surface area contributed by atoms with Crippen molar-refractivity contribution >= 4 is 23.2 Å². The summed E-state index contributed by atoms with van der Waals surface area (Å²) in [5, 5.41) is 4.71. The monoisotopic (exact) mass is 316 g/mol. The molecule has 0 atom stereocenters. The topological polar surface area (TPSA) is 51.0 Å². The highest BCUT2D eigenvalue weighted by Crippen LogP contribution is 2.38. The molecule has 1 amide bonds. The van der Waals surface area contributed by atoms with E-state index >= 15 is 0 Å². The molecule has 2 aliphatic carbocycles. The molecule has 2 heterocycles. The van der Waals surface area contributed by atoms with E-state index in [0.717, 1.165) is 25.1 Å². The highest BCUT2D eigenvalue weighted by Gasteiger charge is 2.37. The van der Waals surface area contributed by atoms with Crippen LogP contribution >= 0.6 is 11.6 Å². The minimum absolute atomic E-state index is 0.177. The van der Waals surface area contributed by atoms with Crippen LogP contribution in [0.15, 0.2) is 30.7 Å². The van der Waals surface area contributed by atoms with E-state index in [4.69, 9.17) is 11.6 Å². The fraction of sp³-hybridized carbons (Fsp3) is 0.438. The van der Waals surface area contributed by atoms with Gasteiger partial charge in [0.15, 0.2) is 5.15 Å². The van der Waals surface area contributed by atoms with E-state index in [0.29, 0.717) is 16.8 Å². The van der Waals surface area contributed by atoms with Gasteiger partial charge in [-0.25, -0.2) is 4.68 Å². The van der Waals surface area contributed by atoms with Gasteiger partial charge < -0.3 is 4.90 Å². The lowest BCUT2D eigenvalue weighted by Gasteiger charge is -2.21. The van der Waals surface area contributed by atoms with Crippen LogP contribution in [-0.2, 0) is 4.79 Å². The molecule has 0 aromatic carbocycles. The van der Waals surface area contributed by atoms with E-state index in [9.17, 15) is 4.79 Å². The van der Waals surface area contributed by atoms with Crippen LogP contribution < -0.4 is 4.90 Å². The van der Waals surface area contributed by atoms with Crippen molar-refractivity contribution in [2.45, 2.75) is 25.7 Å². The van der Waals surface area contributed by atoms with E-state index in [1.54, 1.807) is 17.1 Å². The number of aromatic nitrogens is 3. The number of halogens is 1. The Morgan fingerprint density at radius 3 is 2.82 bits per heavy atom. The van der Waals surface area contributed by atoms with Gasteiger partial charge in [-0.3, -0.25) is 9.78 Å². The average Bonchev–Trinajstić information content (AvgIpc) is 3.44. The molecule has 2 fully saturated rings. The van der Waals surface area contributed by atoms with Crippen molar-refractivity contribution in [2.24, 2.45) is 11.8 Å². The molecule has 4 rings (SSSR count). The lowest BCUT2D eigenvalue weighted by molar-refractivity contribution is -0.119. The summed E-state index contributed by atoms with van der Waals surface area (Å²) in [6.07, 6.45) is 9.66. The van der Waals surface area contributed by atoms with Crippen LogP contribution in [0.25, 0.3) is 5.69 Å². The second-order valence-corrected chi connectivity index (χ2v) is 6.49. The van der Waals surface area contributed by atoms with Crippen molar-refractivity contribution in [3.63, 3.8) is 0 Å². The van der Waals surface area contributed by atoms with Gasteiger partial charge in [0, 0.05) is 18.7 Å². The number of pyridine rings is 1. The summed E-state index contributed by atoms with van der Waals surface area (Å²) in [7, 11) is 0. The number of anilines is 1. The maximum Gasteiger partial charge on any atom is 0.230 e. The smallest absolute Gasteiger partial charge is 0.230 e. The first kappa shape index (κ1) is 13.8. The highest BCUT2D eigenvalue weighted by molar-refractivity contribution is 6.32. The van der Waals surface area contributed by atoms with Crippen molar-refractivity contribution in [1.29, 1.82) is 0 Å². The molecular weight excluding hydrogens is 300 g/mol. The quantitative estimate of drug-likeness (QED) is 0.851. The minimum atomic E-state index is 0.177. The van der Waals surface area contributed by atoms with Gasteiger partial charge in [0.1, 0.15) is 5.69 Å². The minimum Gasteiger partial charge on any atom is -0.308 e. The second kappa shape index (κ2) is 5.39. The van der Waals surface area contributed by atoms with Crippen molar-refractivity contribution < 1.29 is 4.79 Å². The largest absolute Gasteiger partial charge is 0.308 e. The Morgan fingerprint density at radius 1 is 1.36 bits per heavy atom. The summed E-state index contributed by atoms with van der Waals surface area (Å²) in [6.45, 7) is 0.758. The van der Waals surface area contributed by atoms with Crippen LogP contribution in [0.1, 0.15) is 25.7 Å². The zero-order valence-electron chi connectivity index (χ0n) is 12.2. The van der Waals surface area contributed by atoms with Crippen LogP contribution in [-0.4, -0.2) is 27.2 Å². The zero-order chi connectivity index (χ0) is 15.1. The third-order valence-corrected chi connectivity index (χ3v) is 4.45. The van der Waals surface area contributed by atoms with E-state index in [2.05, 4.69) is 10.1 Å². The van der Waals surface area contributed by atoms with E-state index in [1.807, 2.05) is 23.2 Å². The van der Waals surface area contributed by atoms with Gasteiger partial charge in [0.2, 0.25) is 5.91 Å². The maximum atomic E-state index is 12.6. The standard InChI is InChI=1S/C16H17ClN4O/c17-15-14(10-21(19-15)13-2-1-7-18-8-13)20(9-11-3-4-11)16(22)12-5-6-12/h1-2,7-8,10-12H,3-6,9H2. The predicted molar refractivity (Wildman–Crippen MR) is 84.2 cm³/mol. The molecule has 2 aromatic heterocycles. The van der Waals surface area contributed by atoms with Gasteiger partial charge in [-0.05, 0) is 43.7 Å². The van der Waals surface area contributed by atoms with Crippen LogP contribution in [0.5, 0.6) is 0 Å². The second-order valence-electron chi connectivity index (χ2n) is 6.13. The Hall–Kier alpha value is -1.88.